The number of rotatable bonds is 4. The lowest BCUT2D eigenvalue weighted by Crippen LogP contribution is -2.19. The Kier molecular flexibility index (Phi) is 4.57. The molecule has 1 saturated heterocycles. The Morgan fingerprint density at radius 3 is 3.10 bits per heavy atom. The molecule has 0 unspecified atom stereocenters. The number of hydrogen-bond donors (Lipinski definition) is 1. The first-order chi connectivity index (χ1) is 9.60. The van der Waals surface area contributed by atoms with Crippen LogP contribution in [-0.4, -0.2) is 35.6 Å². The quantitative estimate of drug-likeness (QED) is 0.513. The van der Waals surface area contributed by atoms with Gasteiger partial charge in [0, 0.05) is 6.07 Å². The van der Waals surface area contributed by atoms with E-state index in [9.17, 15) is 9.59 Å². The Hall–Kier alpha value is -2.09. The van der Waals surface area contributed by atoms with E-state index in [1.54, 1.807) is 13.8 Å². The average Bonchev–Trinajstić information content (AvgIpc) is 2.96. The van der Waals surface area contributed by atoms with Gasteiger partial charge in [-0.2, -0.15) is 5.10 Å². The molecule has 1 amide bonds. The number of carbonyl (C=O) groups is 2. The molecule has 20 heavy (non-hydrogen) atoms. The molecule has 1 aliphatic heterocycles. The molecule has 1 aliphatic rings. The van der Waals surface area contributed by atoms with Gasteiger partial charge in [0.25, 0.3) is 0 Å². The van der Waals surface area contributed by atoms with E-state index in [4.69, 9.17) is 9.15 Å². The standard InChI is InChI=1S/C12H13N3O4S/c1-3-18-11(17)9-4-8(19-7(9)2)5-13-15-12-14-10(16)6-20-12/h4-5H,3,6H2,1-2H3,(H,14,15,16)/b13-5+. The molecule has 1 fully saturated rings. The van der Waals surface area contributed by atoms with Crippen LogP contribution in [0, 0.1) is 6.92 Å². The summed E-state index contributed by atoms with van der Waals surface area (Å²) in [5, 5.41) is 10.6. The van der Waals surface area contributed by atoms with Crippen molar-refractivity contribution in [3.05, 3.63) is 23.2 Å². The highest BCUT2D eigenvalue weighted by atomic mass is 32.2. The van der Waals surface area contributed by atoms with Crippen LogP contribution in [0.15, 0.2) is 20.7 Å². The third kappa shape index (κ3) is 3.47. The summed E-state index contributed by atoms with van der Waals surface area (Å²) in [6.07, 6.45) is 1.37. The van der Waals surface area contributed by atoms with Crippen molar-refractivity contribution in [1.82, 2.24) is 5.32 Å². The Labute approximate surface area is 119 Å². The molecule has 8 heteroatoms. The van der Waals surface area contributed by atoms with Crippen LogP contribution in [0.3, 0.4) is 0 Å². The molecule has 106 valence electrons. The molecule has 0 radical (unpaired) electrons. The van der Waals surface area contributed by atoms with Crippen molar-refractivity contribution in [3.8, 4) is 0 Å². The lowest BCUT2D eigenvalue weighted by molar-refractivity contribution is -0.116. The minimum Gasteiger partial charge on any atom is -0.462 e. The first kappa shape index (κ1) is 14.3. The van der Waals surface area contributed by atoms with Crippen LogP contribution in [0.25, 0.3) is 0 Å². The van der Waals surface area contributed by atoms with Crippen molar-refractivity contribution in [1.29, 1.82) is 0 Å². The second-order valence-corrected chi connectivity index (χ2v) is 4.79. The number of amidine groups is 1. The number of nitrogens with zero attached hydrogens (tertiary/aromatic N) is 2. The Morgan fingerprint density at radius 2 is 2.45 bits per heavy atom. The van der Waals surface area contributed by atoms with Gasteiger partial charge in [-0.25, -0.2) is 4.79 Å². The number of hydrogen-bond acceptors (Lipinski definition) is 7. The lowest BCUT2D eigenvalue weighted by atomic mass is 10.2. The van der Waals surface area contributed by atoms with E-state index < -0.39 is 5.97 Å². The highest BCUT2D eigenvalue weighted by Gasteiger charge is 2.17. The zero-order valence-electron chi connectivity index (χ0n) is 11.0. The number of carbonyl (C=O) groups excluding carboxylic acids is 2. The fraction of sp³-hybridized carbons (Fsp3) is 0.333. The summed E-state index contributed by atoms with van der Waals surface area (Å²) in [4.78, 5) is 22.5. The normalized spacial score (nSPS) is 16.9. The SMILES string of the molecule is CCOC(=O)c1cc(/C=N/N=C2/NC(=O)CS2)oc1C. The smallest absolute Gasteiger partial charge is 0.341 e. The van der Waals surface area contributed by atoms with Crippen molar-refractivity contribution in [2.24, 2.45) is 10.2 Å². The van der Waals surface area contributed by atoms with E-state index in [2.05, 4.69) is 15.5 Å². The zero-order chi connectivity index (χ0) is 14.5. The number of thioether (sulfide) groups is 1. The summed E-state index contributed by atoms with van der Waals surface area (Å²) < 4.78 is 10.3. The molecular formula is C12H13N3O4S. The Bertz CT molecular complexity index is 592. The molecule has 2 heterocycles. The highest BCUT2D eigenvalue weighted by Crippen LogP contribution is 2.15. The maximum absolute atomic E-state index is 11.6. The van der Waals surface area contributed by atoms with Gasteiger partial charge in [-0.15, -0.1) is 5.10 Å². The van der Waals surface area contributed by atoms with E-state index in [1.165, 1.54) is 24.0 Å². The van der Waals surface area contributed by atoms with E-state index >= 15 is 0 Å². The number of nitrogens with one attached hydrogen (secondary N) is 1. The number of ether oxygens (including phenoxy) is 1. The molecule has 1 aromatic heterocycles. The monoisotopic (exact) mass is 295 g/mol. The largest absolute Gasteiger partial charge is 0.462 e. The Balaban J connectivity index is 2.05. The topological polar surface area (TPSA) is 93.3 Å². The van der Waals surface area contributed by atoms with Gasteiger partial charge < -0.3 is 14.5 Å². The average molecular weight is 295 g/mol. The predicted molar refractivity (Wildman–Crippen MR) is 75.0 cm³/mol. The lowest BCUT2D eigenvalue weighted by Gasteiger charge is -1.97. The molecule has 0 atom stereocenters. The van der Waals surface area contributed by atoms with Crippen LogP contribution < -0.4 is 5.32 Å². The van der Waals surface area contributed by atoms with Gasteiger partial charge in [0.05, 0.1) is 18.6 Å². The van der Waals surface area contributed by atoms with Crippen LogP contribution in [0.5, 0.6) is 0 Å². The van der Waals surface area contributed by atoms with Gasteiger partial charge >= 0.3 is 5.97 Å². The summed E-state index contributed by atoms with van der Waals surface area (Å²) in [5.41, 5.74) is 0.365. The molecule has 0 aliphatic carbocycles. The molecule has 0 bridgehead atoms. The maximum Gasteiger partial charge on any atom is 0.341 e. The summed E-state index contributed by atoms with van der Waals surface area (Å²) in [6.45, 7) is 3.71. The van der Waals surface area contributed by atoms with E-state index in [0.29, 0.717) is 34.6 Å². The third-order valence-electron chi connectivity index (χ3n) is 2.35. The van der Waals surface area contributed by atoms with E-state index in [1.807, 2.05) is 0 Å². The van der Waals surface area contributed by atoms with Crippen LogP contribution in [0.4, 0.5) is 0 Å². The molecular weight excluding hydrogens is 282 g/mol. The number of furan rings is 1. The minimum absolute atomic E-state index is 0.0950. The first-order valence-corrected chi connectivity index (χ1v) is 6.90. The van der Waals surface area contributed by atoms with Crippen LogP contribution >= 0.6 is 11.8 Å². The fourth-order valence-electron chi connectivity index (χ4n) is 1.50. The van der Waals surface area contributed by atoms with Crippen LogP contribution in [-0.2, 0) is 9.53 Å². The van der Waals surface area contributed by atoms with Crippen molar-refractivity contribution < 1.29 is 18.7 Å². The summed E-state index contributed by atoms with van der Waals surface area (Å²) in [5.74, 6) is 0.673. The third-order valence-corrected chi connectivity index (χ3v) is 3.22. The molecule has 7 nitrogen and oxygen atoms in total. The molecule has 1 aromatic rings. The molecule has 0 aromatic carbocycles. The fourth-order valence-corrected chi connectivity index (χ4v) is 2.13. The van der Waals surface area contributed by atoms with Gasteiger partial charge in [0.15, 0.2) is 5.17 Å². The van der Waals surface area contributed by atoms with E-state index in [-0.39, 0.29) is 5.91 Å². The van der Waals surface area contributed by atoms with Gasteiger partial charge in [-0.05, 0) is 13.8 Å². The number of amides is 1. The van der Waals surface area contributed by atoms with Gasteiger partial charge in [0.1, 0.15) is 17.1 Å². The summed E-state index contributed by atoms with van der Waals surface area (Å²) in [6, 6.07) is 1.54. The van der Waals surface area contributed by atoms with Crippen LogP contribution in [0.2, 0.25) is 0 Å². The summed E-state index contributed by atoms with van der Waals surface area (Å²) >= 11 is 1.28. The van der Waals surface area contributed by atoms with Gasteiger partial charge in [-0.1, -0.05) is 11.8 Å². The second kappa shape index (κ2) is 6.38. The number of aryl methyl sites for hydroxylation is 1. The van der Waals surface area contributed by atoms with Crippen molar-refractivity contribution in [2.45, 2.75) is 13.8 Å². The van der Waals surface area contributed by atoms with Gasteiger partial charge in [0.2, 0.25) is 5.91 Å². The molecule has 0 saturated carbocycles. The first-order valence-electron chi connectivity index (χ1n) is 5.91. The minimum atomic E-state index is -0.432. The Morgan fingerprint density at radius 1 is 1.65 bits per heavy atom. The summed E-state index contributed by atoms with van der Waals surface area (Å²) in [7, 11) is 0. The second-order valence-electron chi connectivity index (χ2n) is 3.83. The van der Waals surface area contributed by atoms with Gasteiger partial charge in [-0.3, -0.25) is 4.79 Å². The molecule has 1 N–H and O–H groups in total. The highest BCUT2D eigenvalue weighted by molar-refractivity contribution is 8.15. The molecule has 0 spiro atoms. The van der Waals surface area contributed by atoms with Crippen molar-refractivity contribution >= 4 is 35.0 Å². The molecule has 2 rings (SSSR count). The van der Waals surface area contributed by atoms with Crippen molar-refractivity contribution in [2.75, 3.05) is 12.4 Å². The zero-order valence-corrected chi connectivity index (χ0v) is 11.8. The van der Waals surface area contributed by atoms with Crippen molar-refractivity contribution in [3.63, 3.8) is 0 Å². The van der Waals surface area contributed by atoms with E-state index in [0.717, 1.165) is 0 Å². The predicted octanol–water partition coefficient (Wildman–Crippen LogP) is 1.32. The maximum atomic E-state index is 11.6. The van der Waals surface area contributed by atoms with Crippen LogP contribution in [0.1, 0.15) is 28.8 Å². The number of esters is 1.